The van der Waals surface area contributed by atoms with Crippen molar-refractivity contribution in [1.82, 2.24) is 4.98 Å². The number of fused-ring (bicyclic) bond motifs is 1. The van der Waals surface area contributed by atoms with E-state index in [-0.39, 0.29) is 11.7 Å². The molecule has 102 valence electrons. The number of aryl methyl sites for hydroxylation is 3. The van der Waals surface area contributed by atoms with Gasteiger partial charge in [0.2, 0.25) is 0 Å². The van der Waals surface area contributed by atoms with E-state index < -0.39 is 0 Å². The highest BCUT2D eigenvalue weighted by Crippen LogP contribution is 2.33. The Morgan fingerprint density at radius 1 is 1.25 bits per heavy atom. The first kappa shape index (κ1) is 13.0. The highest BCUT2D eigenvalue weighted by Gasteiger charge is 2.28. The lowest BCUT2D eigenvalue weighted by Crippen LogP contribution is -2.20. The SMILES string of the molecule is Cc1ccc(C(=O)C2CCCc3cccnc32)c(C)c1. The fourth-order valence-corrected chi connectivity index (χ4v) is 3.14. The van der Waals surface area contributed by atoms with Gasteiger partial charge in [0.05, 0.1) is 11.6 Å². The average Bonchev–Trinajstić information content (AvgIpc) is 2.46. The van der Waals surface area contributed by atoms with E-state index in [2.05, 4.69) is 24.0 Å². The number of benzene rings is 1. The number of carbonyl (C=O) groups excluding carboxylic acids is 1. The molecule has 0 amide bonds. The van der Waals surface area contributed by atoms with Crippen LogP contribution in [0.15, 0.2) is 36.5 Å². The predicted octanol–water partition coefficient (Wildman–Crippen LogP) is 4.00. The van der Waals surface area contributed by atoms with Crippen LogP contribution >= 0.6 is 0 Å². The molecule has 0 fully saturated rings. The third-order valence-corrected chi connectivity index (χ3v) is 4.16. The fraction of sp³-hybridized carbons (Fsp3) is 0.333. The van der Waals surface area contributed by atoms with Crippen LogP contribution in [0.25, 0.3) is 0 Å². The van der Waals surface area contributed by atoms with Crippen LogP contribution in [0.4, 0.5) is 0 Å². The van der Waals surface area contributed by atoms with Crippen molar-refractivity contribution in [2.24, 2.45) is 0 Å². The molecular formula is C18H19NO. The van der Waals surface area contributed by atoms with Crippen LogP contribution in [-0.4, -0.2) is 10.8 Å². The van der Waals surface area contributed by atoms with E-state index in [4.69, 9.17) is 0 Å². The third kappa shape index (κ3) is 2.26. The lowest BCUT2D eigenvalue weighted by Gasteiger charge is -2.23. The molecule has 1 atom stereocenters. The summed E-state index contributed by atoms with van der Waals surface area (Å²) in [7, 11) is 0. The Kier molecular flexibility index (Phi) is 3.39. The highest BCUT2D eigenvalue weighted by molar-refractivity contribution is 6.02. The molecule has 2 aromatic rings. The van der Waals surface area contributed by atoms with Crippen LogP contribution in [0.2, 0.25) is 0 Å². The standard InChI is InChI=1S/C18H19NO/c1-12-8-9-15(13(2)11-12)18(20)16-7-3-5-14-6-4-10-19-17(14)16/h4,6,8-11,16H,3,5,7H2,1-2H3. The molecule has 1 heterocycles. The molecule has 1 aromatic carbocycles. The topological polar surface area (TPSA) is 30.0 Å². The lowest BCUT2D eigenvalue weighted by molar-refractivity contribution is 0.0948. The molecule has 0 saturated carbocycles. The molecule has 0 radical (unpaired) electrons. The van der Waals surface area contributed by atoms with Gasteiger partial charge >= 0.3 is 0 Å². The van der Waals surface area contributed by atoms with Crippen molar-refractivity contribution in [2.75, 3.05) is 0 Å². The quantitative estimate of drug-likeness (QED) is 0.768. The molecule has 0 saturated heterocycles. The van der Waals surface area contributed by atoms with Crippen LogP contribution in [0.1, 0.15) is 51.5 Å². The number of ketones is 1. The summed E-state index contributed by atoms with van der Waals surface area (Å²) in [6, 6.07) is 10.1. The second-order valence-corrected chi connectivity index (χ2v) is 5.68. The minimum atomic E-state index is -0.0682. The van der Waals surface area contributed by atoms with Gasteiger partial charge in [-0.3, -0.25) is 9.78 Å². The summed E-state index contributed by atoms with van der Waals surface area (Å²) < 4.78 is 0. The molecule has 20 heavy (non-hydrogen) atoms. The molecule has 0 bridgehead atoms. The number of nitrogens with zero attached hydrogens (tertiary/aromatic N) is 1. The molecule has 1 aliphatic rings. The van der Waals surface area contributed by atoms with Crippen molar-refractivity contribution >= 4 is 5.78 Å². The summed E-state index contributed by atoms with van der Waals surface area (Å²) in [5.41, 5.74) is 5.34. The Bertz CT molecular complexity index is 660. The number of carbonyl (C=O) groups is 1. The summed E-state index contributed by atoms with van der Waals surface area (Å²) in [5.74, 6) is 0.156. The molecule has 0 aliphatic heterocycles. The second-order valence-electron chi connectivity index (χ2n) is 5.68. The summed E-state index contributed by atoms with van der Waals surface area (Å²) >= 11 is 0. The Hall–Kier alpha value is -1.96. The van der Waals surface area contributed by atoms with Gasteiger partial charge in [-0.15, -0.1) is 0 Å². The van der Waals surface area contributed by atoms with Crippen molar-refractivity contribution in [2.45, 2.75) is 39.0 Å². The normalized spacial score (nSPS) is 17.6. The van der Waals surface area contributed by atoms with Gasteiger partial charge in [0, 0.05) is 11.8 Å². The van der Waals surface area contributed by atoms with Gasteiger partial charge in [-0.05, 0) is 50.3 Å². The summed E-state index contributed by atoms with van der Waals surface area (Å²) in [6.07, 6.45) is 4.82. The maximum Gasteiger partial charge on any atom is 0.172 e. The first-order valence-corrected chi connectivity index (χ1v) is 7.22. The van der Waals surface area contributed by atoms with Crippen LogP contribution in [0.3, 0.4) is 0 Å². The maximum atomic E-state index is 12.9. The van der Waals surface area contributed by atoms with Crippen molar-refractivity contribution < 1.29 is 4.79 Å². The molecule has 0 N–H and O–H groups in total. The zero-order chi connectivity index (χ0) is 14.1. The van der Waals surface area contributed by atoms with E-state index in [0.717, 1.165) is 36.1 Å². The molecule has 3 rings (SSSR count). The number of hydrogen-bond donors (Lipinski definition) is 0. The highest BCUT2D eigenvalue weighted by atomic mass is 16.1. The zero-order valence-electron chi connectivity index (χ0n) is 12.0. The van der Waals surface area contributed by atoms with E-state index >= 15 is 0 Å². The van der Waals surface area contributed by atoms with Gasteiger partial charge in [0.1, 0.15) is 0 Å². The summed E-state index contributed by atoms with van der Waals surface area (Å²) in [6.45, 7) is 4.07. The molecule has 2 heteroatoms. The minimum Gasteiger partial charge on any atom is -0.293 e. The van der Waals surface area contributed by atoms with Gasteiger partial charge in [-0.2, -0.15) is 0 Å². The molecule has 0 spiro atoms. The van der Waals surface area contributed by atoms with Crippen LogP contribution in [0, 0.1) is 13.8 Å². The Morgan fingerprint density at radius 2 is 2.10 bits per heavy atom. The van der Waals surface area contributed by atoms with Gasteiger partial charge in [-0.25, -0.2) is 0 Å². The number of Topliss-reactive ketones (excluding diaryl/α,β-unsaturated/α-hetero) is 1. The monoisotopic (exact) mass is 265 g/mol. The first-order valence-electron chi connectivity index (χ1n) is 7.22. The van der Waals surface area contributed by atoms with Gasteiger partial charge in [0.15, 0.2) is 5.78 Å². The van der Waals surface area contributed by atoms with E-state index in [0.29, 0.717) is 0 Å². The summed E-state index contributed by atoms with van der Waals surface area (Å²) in [5, 5.41) is 0. The van der Waals surface area contributed by atoms with E-state index in [1.807, 2.05) is 25.1 Å². The predicted molar refractivity (Wildman–Crippen MR) is 80.2 cm³/mol. The Morgan fingerprint density at radius 3 is 2.90 bits per heavy atom. The molecular weight excluding hydrogens is 246 g/mol. The number of pyridine rings is 1. The van der Waals surface area contributed by atoms with Crippen LogP contribution in [-0.2, 0) is 6.42 Å². The fourth-order valence-electron chi connectivity index (χ4n) is 3.14. The second kappa shape index (κ2) is 5.20. The van der Waals surface area contributed by atoms with Crippen molar-refractivity contribution in [3.8, 4) is 0 Å². The van der Waals surface area contributed by atoms with Crippen LogP contribution < -0.4 is 0 Å². The lowest BCUT2D eigenvalue weighted by atomic mass is 9.81. The molecule has 1 aromatic heterocycles. The minimum absolute atomic E-state index is 0.0682. The van der Waals surface area contributed by atoms with Gasteiger partial charge in [0.25, 0.3) is 0 Å². The van der Waals surface area contributed by atoms with E-state index in [1.165, 1.54) is 11.1 Å². The van der Waals surface area contributed by atoms with Crippen molar-refractivity contribution in [3.05, 3.63) is 64.5 Å². The van der Waals surface area contributed by atoms with E-state index in [1.54, 1.807) is 6.20 Å². The summed E-state index contributed by atoms with van der Waals surface area (Å²) in [4.78, 5) is 17.3. The zero-order valence-corrected chi connectivity index (χ0v) is 12.0. The Labute approximate surface area is 119 Å². The first-order chi connectivity index (χ1) is 9.66. The third-order valence-electron chi connectivity index (χ3n) is 4.16. The van der Waals surface area contributed by atoms with Crippen LogP contribution in [0.5, 0.6) is 0 Å². The smallest absolute Gasteiger partial charge is 0.172 e. The van der Waals surface area contributed by atoms with E-state index in [9.17, 15) is 4.79 Å². The van der Waals surface area contributed by atoms with Gasteiger partial charge < -0.3 is 0 Å². The average molecular weight is 265 g/mol. The molecule has 1 aliphatic carbocycles. The molecule has 2 nitrogen and oxygen atoms in total. The number of hydrogen-bond acceptors (Lipinski definition) is 2. The number of aromatic nitrogens is 1. The molecule has 1 unspecified atom stereocenters. The van der Waals surface area contributed by atoms with Gasteiger partial charge in [-0.1, -0.05) is 29.8 Å². The largest absolute Gasteiger partial charge is 0.293 e. The number of rotatable bonds is 2. The Balaban J connectivity index is 2.00. The van der Waals surface area contributed by atoms with Crippen molar-refractivity contribution in [3.63, 3.8) is 0 Å². The maximum absolute atomic E-state index is 12.9. The van der Waals surface area contributed by atoms with Crippen molar-refractivity contribution in [1.29, 1.82) is 0 Å².